The Labute approximate surface area is 121 Å². The van der Waals surface area contributed by atoms with Gasteiger partial charge in [-0.1, -0.05) is 24.3 Å². The Kier molecular flexibility index (Phi) is 3.17. The van der Waals surface area contributed by atoms with Gasteiger partial charge in [0.2, 0.25) is 5.75 Å². The first-order valence-corrected chi connectivity index (χ1v) is 6.67. The number of nitrogens with zero attached hydrogens (tertiary/aromatic N) is 1. The molecule has 0 aromatic heterocycles. The van der Waals surface area contributed by atoms with Gasteiger partial charge in [0.1, 0.15) is 0 Å². The van der Waals surface area contributed by atoms with E-state index in [1.54, 1.807) is 0 Å². The van der Waals surface area contributed by atoms with Crippen molar-refractivity contribution >= 4 is 12.0 Å². The molecule has 1 N–H and O–H groups in total. The predicted molar refractivity (Wildman–Crippen MR) is 77.6 cm³/mol. The molecule has 1 saturated carbocycles. The van der Waals surface area contributed by atoms with Crippen LogP contribution in [0.4, 0.5) is 5.69 Å². The summed E-state index contributed by atoms with van der Waals surface area (Å²) in [6.45, 7) is 0. The van der Waals surface area contributed by atoms with Gasteiger partial charge in [-0.15, -0.1) is 0 Å². The highest BCUT2D eigenvalue weighted by atomic mass is 16.6. The molecule has 5 nitrogen and oxygen atoms in total. The molecule has 2 aromatic carbocycles. The van der Waals surface area contributed by atoms with E-state index in [4.69, 9.17) is 0 Å². The first kappa shape index (κ1) is 13.3. The molecule has 0 amide bonds. The van der Waals surface area contributed by atoms with Crippen LogP contribution in [0.2, 0.25) is 0 Å². The molecule has 1 aliphatic carbocycles. The average molecular weight is 283 g/mol. The summed E-state index contributed by atoms with van der Waals surface area (Å²) in [7, 11) is 0. The van der Waals surface area contributed by atoms with Gasteiger partial charge in [0, 0.05) is 6.07 Å². The van der Waals surface area contributed by atoms with Gasteiger partial charge in [0.25, 0.3) is 0 Å². The molecule has 21 heavy (non-hydrogen) atoms. The maximum Gasteiger partial charge on any atom is 0.312 e. The normalized spacial score (nSPS) is 13.9. The third-order valence-electron chi connectivity index (χ3n) is 3.73. The number of phenols is 1. The number of benzene rings is 2. The fraction of sp³-hybridized carbons (Fsp3) is 0.188. The summed E-state index contributed by atoms with van der Waals surface area (Å²) >= 11 is 0. The van der Waals surface area contributed by atoms with E-state index in [2.05, 4.69) is 0 Å². The second kappa shape index (κ2) is 5.01. The number of nitro benzene ring substituents is 1. The molecule has 0 unspecified atom stereocenters. The lowest BCUT2D eigenvalue weighted by Crippen LogP contribution is -1.95. The first-order chi connectivity index (χ1) is 10.1. The molecule has 0 aliphatic heterocycles. The molecule has 1 aliphatic rings. The second-order valence-electron chi connectivity index (χ2n) is 5.17. The second-order valence-corrected chi connectivity index (χ2v) is 5.17. The predicted octanol–water partition coefficient (Wildman–Crippen LogP) is 3.66. The molecule has 5 heteroatoms. The smallest absolute Gasteiger partial charge is 0.312 e. The summed E-state index contributed by atoms with van der Waals surface area (Å²) in [5.74, 6) is -0.101. The Balaban J connectivity index is 2.21. The molecule has 3 rings (SSSR count). The molecule has 0 radical (unpaired) electrons. The van der Waals surface area contributed by atoms with Gasteiger partial charge in [-0.2, -0.15) is 0 Å². The van der Waals surface area contributed by atoms with E-state index in [1.165, 1.54) is 12.1 Å². The number of carbonyl (C=O) groups is 1. The van der Waals surface area contributed by atoms with E-state index in [9.17, 15) is 20.0 Å². The number of hydrogen-bond acceptors (Lipinski definition) is 4. The zero-order valence-corrected chi connectivity index (χ0v) is 11.2. The largest absolute Gasteiger partial charge is 0.502 e. The van der Waals surface area contributed by atoms with Crippen LogP contribution in [0.5, 0.6) is 5.75 Å². The van der Waals surface area contributed by atoms with E-state index in [-0.39, 0.29) is 5.56 Å². The first-order valence-electron chi connectivity index (χ1n) is 6.67. The van der Waals surface area contributed by atoms with Crippen molar-refractivity contribution in [1.29, 1.82) is 0 Å². The summed E-state index contributed by atoms with van der Waals surface area (Å²) in [4.78, 5) is 21.4. The molecule has 2 aromatic rings. The molecular weight excluding hydrogens is 270 g/mol. The van der Waals surface area contributed by atoms with Gasteiger partial charge in [-0.3, -0.25) is 14.9 Å². The van der Waals surface area contributed by atoms with Gasteiger partial charge in [0.15, 0.2) is 6.29 Å². The minimum Gasteiger partial charge on any atom is -0.502 e. The summed E-state index contributed by atoms with van der Waals surface area (Å²) in [5.41, 5.74) is 2.09. The molecule has 106 valence electrons. The van der Waals surface area contributed by atoms with E-state index < -0.39 is 16.4 Å². The molecule has 0 saturated heterocycles. The molecule has 0 atom stereocenters. The van der Waals surface area contributed by atoms with Crippen molar-refractivity contribution < 1.29 is 14.8 Å². The third kappa shape index (κ3) is 2.38. The highest BCUT2D eigenvalue weighted by Crippen LogP contribution is 2.45. The van der Waals surface area contributed by atoms with Crippen LogP contribution in [0.3, 0.4) is 0 Å². The maximum absolute atomic E-state index is 11.0. The lowest BCUT2D eigenvalue weighted by Gasteiger charge is -2.10. The van der Waals surface area contributed by atoms with Crippen LogP contribution < -0.4 is 0 Å². The molecular formula is C16H13NO4. The Morgan fingerprint density at radius 3 is 2.57 bits per heavy atom. The van der Waals surface area contributed by atoms with E-state index >= 15 is 0 Å². The van der Waals surface area contributed by atoms with Crippen molar-refractivity contribution in [3.05, 3.63) is 57.6 Å². The van der Waals surface area contributed by atoms with Crippen molar-refractivity contribution in [3.8, 4) is 16.9 Å². The van der Waals surface area contributed by atoms with Gasteiger partial charge in [0.05, 0.1) is 10.5 Å². The molecule has 0 spiro atoms. The fourth-order valence-electron chi connectivity index (χ4n) is 2.54. The summed E-state index contributed by atoms with van der Waals surface area (Å²) in [6.07, 6.45) is 2.65. The fourth-order valence-corrected chi connectivity index (χ4v) is 2.54. The minimum atomic E-state index is -0.675. The Morgan fingerprint density at radius 1 is 1.24 bits per heavy atom. The van der Waals surface area contributed by atoms with Crippen molar-refractivity contribution in [3.63, 3.8) is 0 Å². The van der Waals surface area contributed by atoms with Crippen LogP contribution in [0.25, 0.3) is 11.1 Å². The highest BCUT2D eigenvalue weighted by Gasteiger charge is 2.27. The number of phenolic OH excluding ortho intramolecular Hbond substituents is 1. The topological polar surface area (TPSA) is 80.4 Å². The van der Waals surface area contributed by atoms with Crippen molar-refractivity contribution in [1.82, 2.24) is 0 Å². The van der Waals surface area contributed by atoms with Crippen LogP contribution in [-0.4, -0.2) is 16.3 Å². The molecule has 0 heterocycles. The Morgan fingerprint density at radius 2 is 1.95 bits per heavy atom. The standard InChI is InChI=1S/C16H13NO4/c18-9-12-7-11(8-15(16(12)19)17(20)21)14-4-2-1-3-13(14)10-5-6-10/h1-4,7-10,19H,5-6H2. The van der Waals surface area contributed by atoms with E-state index in [1.807, 2.05) is 24.3 Å². The zero-order valence-electron chi connectivity index (χ0n) is 11.2. The van der Waals surface area contributed by atoms with E-state index in [0.717, 1.165) is 24.0 Å². The highest BCUT2D eigenvalue weighted by molar-refractivity contribution is 5.86. The maximum atomic E-state index is 11.0. The van der Waals surface area contributed by atoms with Gasteiger partial charge in [-0.05, 0) is 41.5 Å². The van der Waals surface area contributed by atoms with Gasteiger partial charge >= 0.3 is 5.69 Å². The monoisotopic (exact) mass is 283 g/mol. The number of nitro groups is 1. The minimum absolute atomic E-state index is 0.0650. The van der Waals surface area contributed by atoms with Gasteiger partial charge < -0.3 is 5.11 Å². The Bertz CT molecular complexity index is 735. The summed E-state index contributed by atoms with van der Waals surface area (Å²) in [6, 6.07) is 10.5. The zero-order chi connectivity index (χ0) is 15.0. The van der Waals surface area contributed by atoms with Crippen LogP contribution in [0.1, 0.15) is 34.7 Å². The SMILES string of the molecule is O=Cc1cc(-c2ccccc2C2CC2)cc([N+](=O)[O-])c1O. The van der Waals surface area contributed by atoms with Crippen LogP contribution >= 0.6 is 0 Å². The quantitative estimate of drug-likeness (QED) is 0.527. The lowest BCUT2D eigenvalue weighted by atomic mass is 9.95. The molecule has 0 bridgehead atoms. The number of hydrogen-bond donors (Lipinski definition) is 1. The average Bonchev–Trinajstić information content (AvgIpc) is 3.32. The van der Waals surface area contributed by atoms with Gasteiger partial charge in [-0.25, -0.2) is 0 Å². The number of carbonyl (C=O) groups excluding carboxylic acids is 1. The number of rotatable bonds is 4. The lowest BCUT2D eigenvalue weighted by molar-refractivity contribution is -0.385. The number of aldehydes is 1. The van der Waals surface area contributed by atoms with Crippen molar-refractivity contribution in [2.45, 2.75) is 18.8 Å². The molecule has 1 fully saturated rings. The third-order valence-corrected chi connectivity index (χ3v) is 3.73. The summed E-state index contributed by atoms with van der Waals surface area (Å²) < 4.78 is 0. The van der Waals surface area contributed by atoms with Crippen LogP contribution in [0, 0.1) is 10.1 Å². The van der Waals surface area contributed by atoms with Crippen LogP contribution in [0.15, 0.2) is 36.4 Å². The van der Waals surface area contributed by atoms with Crippen molar-refractivity contribution in [2.24, 2.45) is 0 Å². The van der Waals surface area contributed by atoms with Crippen molar-refractivity contribution in [2.75, 3.05) is 0 Å². The van der Waals surface area contributed by atoms with E-state index in [0.29, 0.717) is 17.8 Å². The number of aromatic hydroxyl groups is 1. The van der Waals surface area contributed by atoms with Crippen LogP contribution in [-0.2, 0) is 0 Å². The Hall–Kier alpha value is -2.69. The summed E-state index contributed by atoms with van der Waals surface area (Å²) in [5, 5.41) is 20.8.